The summed E-state index contributed by atoms with van der Waals surface area (Å²) in [4.78, 5) is 0.113. The van der Waals surface area contributed by atoms with Crippen molar-refractivity contribution in [1.29, 1.82) is 0 Å². The van der Waals surface area contributed by atoms with Gasteiger partial charge in [0.1, 0.15) is 5.82 Å². The Morgan fingerprint density at radius 1 is 1.14 bits per heavy atom. The summed E-state index contributed by atoms with van der Waals surface area (Å²) < 4.78 is 39.4. The molecule has 0 spiro atoms. The first-order chi connectivity index (χ1) is 9.80. The number of aryl methyl sites for hydroxylation is 1. The van der Waals surface area contributed by atoms with Gasteiger partial charge in [-0.1, -0.05) is 12.1 Å². The number of anilines is 1. The molecule has 0 unspecified atom stereocenters. The second-order valence-corrected chi connectivity index (χ2v) is 6.93. The summed E-state index contributed by atoms with van der Waals surface area (Å²) in [5, 5.41) is 0. The Morgan fingerprint density at radius 2 is 1.76 bits per heavy atom. The number of nitrogens with two attached hydrogens (primary N) is 1. The van der Waals surface area contributed by atoms with Gasteiger partial charge in [0, 0.05) is 19.3 Å². The van der Waals surface area contributed by atoms with Crippen LogP contribution in [0, 0.1) is 12.7 Å². The zero-order chi connectivity index (χ0) is 15.6. The van der Waals surface area contributed by atoms with Gasteiger partial charge in [-0.3, -0.25) is 0 Å². The number of nitrogen functional groups attached to an aromatic ring is 1. The molecule has 0 atom stereocenters. The Hall–Kier alpha value is -1.92. The highest BCUT2D eigenvalue weighted by Gasteiger charge is 2.23. The normalized spacial score (nSPS) is 11.8. The summed E-state index contributed by atoms with van der Waals surface area (Å²) in [6.07, 6.45) is 0. The van der Waals surface area contributed by atoms with Crippen molar-refractivity contribution in [2.45, 2.75) is 18.4 Å². The van der Waals surface area contributed by atoms with Crippen LogP contribution in [0.5, 0.6) is 0 Å². The van der Waals surface area contributed by atoms with Crippen molar-refractivity contribution in [3.8, 4) is 0 Å². The highest BCUT2D eigenvalue weighted by molar-refractivity contribution is 7.89. The topological polar surface area (TPSA) is 63.4 Å². The molecule has 0 aromatic heterocycles. The maximum Gasteiger partial charge on any atom is 0.243 e. The third-order valence-corrected chi connectivity index (χ3v) is 5.17. The van der Waals surface area contributed by atoms with E-state index in [1.807, 2.05) is 0 Å². The first-order valence-corrected chi connectivity index (χ1v) is 7.81. The quantitative estimate of drug-likeness (QED) is 0.883. The smallest absolute Gasteiger partial charge is 0.243 e. The average Bonchev–Trinajstić information content (AvgIpc) is 2.40. The van der Waals surface area contributed by atoms with E-state index in [9.17, 15) is 12.8 Å². The van der Waals surface area contributed by atoms with Gasteiger partial charge in [-0.25, -0.2) is 12.8 Å². The summed E-state index contributed by atoms with van der Waals surface area (Å²) in [6.45, 7) is 1.80. The van der Waals surface area contributed by atoms with Crippen LogP contribution in [0.15, 0.2) is 47.4 Å². The molecule has 2 aromatic carbocycles. The van der Waals surface area contributed by atoms with Gasteiger partial charge in [0.05, 0.1) is 4.90 Å². The summed E-state index contributed by atoms with van der Waals surface area (Å²) in [7, 11) is -2.16. The van der Waals surface area contributed by atoms with Crippen LogP contribution < -0.4 is 5.73 Å². The molecule has 0 aliphatic rings. The van der Waals surface area contributed by atoms with E-state index in [0.29, 0.717) is 11.3 Å². The lowest BCUT2D eigenvalue weighted by molar-refractivity contribution is 0.466. The van der Waals surface area contributed by atoms with Crippen molar-refractivity contribution in [3.05, 3.63) is 59.4 Å². The monoisotopic (exact) mass is 308 g/mol. The van der Waals surface area contributed by atoms with E-state index in [1.54, 1.807) is 31.2 Å². The first kappa shape index (κ1) is 15.5. The zero-order valence-corrected chi connectivity index (χ0v) is 12.7. The Morgan fingerprint density at radius 3 is 2.33 bits per heavy atom. The molecule has 0 aliphatic heterocycles. The van der Waals surface area contributed by atoms with Crippen molar-refractivity contribution in [2.24, 2.45) is 0 Å². The SMILES string of the molecule is Cc1cc(F)ccc1S(=O)(=O)N(C)Cc1ccc(N)cc1. The lowest BCUT2D eigenvalue weighted by atomic mass is 10.2. The molecule has 0 saturated carbocycles. The highest BCUT2D eigenvalue weighted by Crippen LogP contribution is 2.21. The summed E-state index contributed by atoms with van der Waals surface area (Å²) in [5.41, 5.74) is 7.44. The molecule has 0 heterocycles. The molecule has 4 nitrogen and oxygen atoms in total. The van der Waals surface area contributed by atoms with Gasteiger partial charge < -0.3 is 5.73 Å². The molecule has 0 radical (unpaired) electrons. The molecule has 0 aliphatic carbocycles. The maximum atomic E-state index is 13.1. The molecule has 112 valence electrons. The van der Waals surface area contributed by atoms with E-state index < -0.39 is 15.8 Å². The number of hydrogen-bond donors (Lipinski definition) is 1. The molecule has 0 bridgehead atoms. The molecule has 0 saturated heterocycles. The number of sulfonamides is 1. The van der Waals surface area contributed by atoms with Crippen LogP contribution in [0.1, 0.15) is 11.1 Å². The van der Waals surface area contributed by atoms with E-state index in [4.69, 9.17) is 5.73 Å². The number of benzene rings is 2. The summed E-state index contributed by atoms with van der Waals surface area (Å²) in [5.74, 6) is -0.451. The number of halogens is 1. The van der Waals surface area contributed by atoms with Crippen molar-refractivity contribution in [1.82, 2.24) is 4.31 Å². The molecule has 0 fully saturated rings. The van der Waals surface area contributed by atoms with E-state index in [-0.39, 0.29) is 11.4 Å². The molecule has 2 aromatic rings. The van der Waals surface area contributed by atoms with Crippen LogP contribution in [-0.2, 0) is 16.6 Å². The summed E-state index contributed by atoms with van der Waals surface area (Å²) >= 11 is 0. The third-order valence-electron chi connectivity index (χ3n) is 3.21. The Bertz CT molecular complexity index is 743. The van der Waals surface area contributed by atoms with Gasteiger partial charge in [0.25, 0.3) is 0 Å². The lowest BCUT2D eigenvalue weighted by Gasteiger charge is -2.18. The van der Waals surface area contributed by atoms with Crippen molar-refractivity contribution < 1.29 is 12.8 Å². The van der Waals surface area contributed by atoms with Crippen molar-refractivity contribution >= 4 is 15.7 Å². The van der Waals surface area contributed by atoms with Gasteiger partial charge in [-0.15, -0.1) is 0 Å². The van der Waals surface area contributed by atoms with E-state index in [0.717, 1.165) is 11.6 Å². The fraction of sp³-hybridized carbons (Fsp3) is 0.200. The van der Waals surface area contributed by atoms with Gasteiger partial charge in [-0.2, -0.15) is 4.31 Å². The van der Waals surface area contributed by atoms with Crippen LogP contribution in [-0.4, -0.2) is 19.8 Å². The van der Waals surface area contributed by atoms with Crippen LogP contribution in [0.3, 0.4) is 0 Å². The van der Waals surface area contributed by atoms with Crippen LogP contribution in [0.25, 0.3) is 0 Å². The zero-order valence-electron chi connectivity index (χ0n) is 11.9. The molecular weight excluding hydrogens is 291 g/mol. The standard InChI is InChI=1S/C15H17FN2O2S/c1-11-9-13(16)5-8-15(11)21(19,20)18(2)10-12-3-6-14(17)7-4-12/h3-9H,10,17H2,1-2H3. The Kier molecular flexibility index (Phi) is 4.29. The summed E-state index contributed by atoms with van der Waals surface area (Å²) in [6, 6.07) is 10.6. The molecular formula is C15H17FN2O2S. The molecule has 6 heteroatoms. The number of rotatable bonds is 4. The fourth-order valence-electron chi connectivity index (χ4n) is 2.04. The van der Waals surface area contributed by atoms with Crippen molar-refractivity contribution in [3.63, 3.8) is 0 Å². The lowest BCUT2D eigenvalue weighted by Crippen LogP contribution is -2.27. The Labute approximate surface area is 124 Å². The van der Waals surface area contributed by atoms with Crippen LogP contribution in [0.4, 0.5) is 10.1 Å². The third kappa shape index (κ3) is 3.40. The van der Waals surface area contributed by atoms with Gasteiger partial charge >= 0.3 is 0 Å². The van der Waals surface area contributed by atoms with Gasteiger partial charge in [0.2, 0.25) is 10.0 Å². The number of nitrogens with zero attached hydrogens (tertiary/aromatic N) is 1. The second-order valence-electron chi connectivity index (χ2n) is 4.91. The van der Waals surface area contributed by atoms with Gasteiger partial charge in [0.15, 0.2) is 0 Å². The second kappa shape index (κ2) is 5.83. The largest absolute Gasteiger partial charge is 0.399 e. The fourth-order valence-corrected chi connectivity index (χ4v) is 3.40. The average molecular weight is 308 g/mol. The van der Waals surface area contributed by atoms with Crippen molar-refractivity contribution in [2.75, 3.05) is 12.8 Å². The maximum absolute atomic E-state index is 13.1. The van der Waals surface area contributed by atoms with Gasteiger partial charge in [-0.05, 0) is 48.4 Å². The molecule has 2 N–H and O–H groups in total. The Balaban J connectivity index is 2.28. The van der Waals surface area contributed by atoms with E-state index in [2.05, 4.69) is 0 Å². The van der Waals surface area contributed by atoms with E-state index >= 15 is 0 Å². The molecule has 0 amide bonds. The molecule has 2 rings (SSSR count). The predicted octanol–water partition coefficient (Wildman–Crippen LogP) is 2.54. The molecule has 21 heavy (non-hydrogen) atoms. The van der Waals surface area contributed by atoms with E-state index in [1.165, 1.54) is 23.5 Å². The minimum absolute atomic E-state index is 0.113. The highest BCUT2D eigenvalue weighted by atomic mass is 32.2. The number of hydrogen-bond acceptors (Lipinski definition) is 3. The van der Waals surface area contributed by atoms with Crippen LogP contribution >= 0.6 is 0 Å². The van der Waals surface area contributed by atoms with Crippen LogP contribution in [0.2, 0.25) is 0 Å². The minimum Gasteiger partial charge on any atom is -0.399 e. The predicted molar refractivity (Wildman–Crippen MR) is 80.6 cm³/mol. The first-order valence-electron chi connectivity index (χ1n) is 6.37. The minimum atomic E-state index is -3.66.